The number of nitrogens with zero attached hydrogens (tertiary/aromatic N) is 2. The van der Waals surface area contributed by atoms with Gasteiger partial charge >= 0.3 is 0 Å². The van der Waals surface area contributed by atoms with Crippen LogP contribution in [0.3, 0.4) is 0 Å². The van der Waals surface area contributed by atoms with Gasteiger partial charge in [0.2, 0.25) is 5.88 Å². The summed E-state index contributed by atoms with van der Waals surface area (Å²) in [7, 11) is 2.19. The Balaban J connectivity index is 1.44. The van der Waals surface area contributed by atoms with Crippen LogP contribution in [0, 0.1) is 0 Å². The molecule has 1 saturated carbocycles. The van der Waals surface area contributed by atoms with Crippen molar-refractivity contribution in [3.8, 4) is 5.88 Å². The quantitative estimate of drug-likeness (QED) is 0.863. The van der Waals surface area contributed by atoms with E-state index in [1.54, 1.807) is 0 Å². The molecule has 2 fully saturated rings. The predicted molar refractivity (Wildman–Crippen MR) is 79.9 cm³/mol. The zero-order valence-electron chi connectivity index (χ0n) is 12.3. The Kier molecular flexibility index (Phi) is 4.53. The minimum absolute atomic E-state index is 0.543. The first kappa shape index (κ1) is 13.8. The van der Waals surface area contributed by atoms with Gasteiger partial charge < -0.3 is 15.0 Å². The van der Waals surface area contributed by atoms with Gasteiger partial charge in [0.25, 0.3) is 0 Å². The lowest BCUT2D eigenvalue weighted by Crippen LogP contribution is -2.40. The number of hydrogen-bond acceptors (Lipinski definition) is 4. The van der Waals surface area contributed by atoms with Gasteiger partial charge in [0.15, 0.2) is 0 Å². The molecule has 2 aliphatic rings. The molecule has 4 nitrogen and oxygen atoms in total. The smallest absolute Gasteiger partial charge is 0.213 e. The number of likely N-dealkylation sites (tertiary alicyclic amines) is 1. The Morgan fingerprint density at radius 2 is 2.20 bits per heavy atom. The minimum Gasteiger partial charge on any atom is -0.476 e. The molecule has 3 rings (SSSR count). The van der Waals surface area contributed by atoms with Crippen LogP contribution in [0.1, 0.15) is 37.7 Å². The second-order valence-corrected chi connectivity index (χ2v) is 6.10. The number of aromatic nitrogens is 1. The summed E-state index contributed by atoms with van der Waals surface area (Å²) in [5.74, 6) is 0.749. The lowest BCUT2D eigenvalue weighted by molar-refractivity contribution is 0.122. The number of nitrogens with one attached hydrogen (secondary N) is 1. The maximum absolute atomic E-state index is 5.84. The SMILES string of the molecule is CN1CCCCC1COc1ccc(CNC2CC2)cn1. The summed E-state index contributed by atoms with van der Waals surface area (Å²) in [5, 5.41) is 3.49. The molecule has 0 radical (unpaired) electrons. The lowest BCUT2D eigenvalue weighted by atomic mass is 10.0. The number of pyridine rings is 1. The van der Waals surface area contributed by atoms with Crippen LogP contribution in [0.4, 0.5) is 0 Å². The van der Waals surface area contributed by atoms with Crippen LogP contribution in [0.2, 0.25) is 0 Å². The Hall–Kier alpha value is -1.13. The molecule has 1 aliphatic heterocycles. The maximum Gasteiger partial charge on any atom is 0.213 e. The molecule has 1 unspecified atom stereocenters. The summed E-state index contributed by atoms with van der Waals surface area (Å²) in [6, 6.07) is 5.39. The van der Waals surface area contributed by atoms with E-state index >= 15 is 0 Å². The van der Waals surface area contributed by atoms with Crippen molar-refractivity contribution in [2.45, 2.75) is 50.7 Å². The third-order valence-electron chi connectivity index (χ3n) is 4.31. The molecule has 1 N–H and O–H groups in total. The first-order valence-corrected chi connectivity index (χ1v) is 7.82. The van der Waals surface area contributed by atoms with Gasteiger partial charge in [-0.15, -0.1) is 0 Å². The highest BCUT2D eigenvalue weighted by Crippen LogP contribution is 2.20. The van der Waals surface area contributed by atoms with E-state index in [9.17, 15) is 0 Å². The molecule has 1 aromatic rings. The van der Waals surface area contributed by atoms with E-state index in [1.807, 2.05) is 12.3 Å². The van der Waals surface area contributed by atoms with E-state index in [1.165, 1.54) is 44.2 Å². The lowest BCUT2D eigenvalue weighted by Gasteiger charge is -2.31. The van der Waals surface area contributed by atoms with Gasteiger partial charge in [0.05, 0.1) is 0 Å². The van der Waals surface area contributed by atoms with E-state index in [2.05, 4.69) is 28.3 Å². The predicted octanol–water partition coefficient (Wildman–Crippen LogP) is 2.20. The van der Waals surface area contributed by atoms with Gasteiger partial charge in [0.1, 0.15) is 6.61 Å². The molecule has 1 aliphatic carbocycles. The maximum atomic E-state index is 5.84. The van der Waals surface area contributed by atoms with Gasteiger partial charge in [-0.25, -0.2) is 4.98 Å². The zero-order chi connectivity index (χ0) is 13.8. The van der Waals surface area contributed by atoms with Gasteiger partial charge in [-0.2, -0.15) is 0 Å². The van der Waals surface area contributed by atoms with E-state index < -0.39 is 0 Å². The molecule has 0 amide bonds. The van der Waals surface area contributed by atoms with Crippen molar-refractivity contribution in [2.24, 2.45) is 0 Å². The van der Waals surface area contributed by atoms with Crippen LogP contribution < -0.4 is 10.1 Å². The van der Waals surface area contributed by atoms with Crippen molar-refractivity contribution in [2.75, 3.05) is 20.2 Å². The molecule has 1 saturated heterocycles. The van der Waals surface area contributed by atoms with Gasteiger partial charge in [-0.1, -0.05) is 12.5 Å². The van der Waals surface area contributed by atoms with Gasteiger partial charge in [-0.05, 0) is 44.8 Å². The molecule has 1 aromatic heterocycles. The van der Waals surface area contributed by atoms with Gasteiger partial charge in [-0.3, -0.25) is 0 Å². The fraction of sp³-hybridized carbons (Fsp3) is 0.688. The number of likely N-dealkylation sites (N-methyl/N-ethyl adjacent to an activating group) is 1. The summed E-state index contributed by atoms with van der Waals surface area (Å²) >= 11 is 0. The van der Waals surface area contributed by atoms with Crippen LogP contribution in [0.25, 0.3) is 0 Å². The highest BCUT2D eigenvalue weighted by atomic mass is 16.5. The van der Waals surface area contributed by atoms with Crippen LogP contribution in [0.5, 0.6) is 5.88 Å². The number of rotatable bonds is 6. The van der Waals surface area contributed by atoms with Crippen molar-refractivity contribution in [1.82, 2.24) is 15.2 Å². The summed E-state index contributed by atoms with van der Waals surface area (Å²) < 4.78 is 5.84. The summed E-state index contributed by atoms with van der Waals surface area (Å²) in [5.41, 5.74) is 1.24. The molecule has 2 heterocycles. The second-order valence-electron chi connectivity index (χ2n) is 6.10. The average molecular weight is 275 g/mol. The van der Waals surface area contributed by atoms with Crippen molar-refractivity contribution < 1.29 is 4.74 Å². The van der Waals surface area contributed by atoms with Crippen molar-refractivity contribution in [3.05, 3.63) is 23.9 Å². The van der Waals surface area contributed by atoms with Crippen molar-refractivity contribution in [1.29, 1.82) is 0 Å². The fourth-order valence-electron chi connectivity index (χ4n) is 2.69. The Labute approximate surface area is 121 Å². The molecule has 4 heteroatoms. The summed E-state index contributed by atoms with van der Waals surface area (Å²) in [6.45, 7) is 2.86. The zero-order valence-corrected chi connectivity index (χ0v) is 12.3. The second kappa shape index (κ2) is 6.55. The standard InChI is InChI=1S/C16H25N3O/c1-19-9-3-2-4-15(19)12-20-16-8-5-13(11-18-16)10-17-14-6-7-14/h5,8,11,14-15,17H,2-4,6-7,9-10,12H2,1H3. The first-order valence-electron chi connectivity index (χ1n) is 7.82. The molecular formula is C16H25N3O. The fourth-order valence-corrected chi connectivity index (χ4v) is 2.69. The summed E-state index contributed by atoms with van der Waals surface area (Å²) in [4.78, 5) is 6.81. The van der Waals surface area contributed by atoms with Gasteiger partial charge in [0, 0.05) is 30.9 Å². The van der Waals surface area contributed by atoms with E-state index in [0.29, 0.717) is 6.04 Å². The third-order valence-corrected chi connectivity index (χ3v) is 4.31. The van der Waals surface area contributed by atoms with E-state index in [-0.39, 0.29) is 0 Å². The molecule has 110 valence electrons. The van der Waals surface area contributed by atoms with Crippen molar-refractivity contribution >= 4 is 0 Å². The highest BCUT2D eigenvalue weighted by Gasteiger charge is 2.20. The van der Waals surface area contributed by atoms with Crippen molar-refractivity contribution in [3.63, 3.8) is 0 Å². The molecule has 1 atom stereocenters. The Morgan fingerprint density at radius 3 is 2.90 bits per heavy atom. The molecule has 20 heavy (non-hydrogen) atoms. The first-order chi connectivity index (χ1) is 9.81. The molecule has 0 bridgehead atoms. The molecular weight excluding hydrogens is 250 g/mol. The van der Waals surface area contributed by atoms with Crippen LogP contribution in [0.15, 0.2) is 18.3 Å². The van der Waals surface area contributed by atoms with Crippen LogP contribution in [-0.4, -0.2) is 42.2 Å². The Morgan fingerprint density at radius 1 is 1.30 bits per heavy atom. The highest BCUT2D eigenvalue weighted by molar-refractivity contribution is 5.18. The monoisotopic (exact) mass is 275 g/mol. The van der Waals surface area contributed by atoms with E-state index in [4.69, 9.17) is 4.74 Å². The number of ether oxygens (including phenoxy) is 1. The largest absolute Gasteiger partial charge is 0.476 e. The summed E-state index contributed by atoms with van der Waals surface area (Å²) in [6.07, 6.45) is 8.44. The Bertz CT molecular complexity index is 416. The topological polar surface area (TPSA) is 37.4 Å². The van der Waals surface area contributed by atoms with Crippen LogP contribution >= 0.6 is 0 Å². The average Bonchev–Trinajstić information content (AvgIpc) is 3.30. The van der Waals surface area contributed by atoms with E-state index in [0.717, 1.165) is 25.1 Å². The number of piperidine rings is 1. The van der Waals surface area contributed by atoms with Crippen LogP contribution in [-0.2, 0) is 6.54 Å². The number of hydrogen-bond donors (Lipinski definition) is 1. The minimum atomic E-state index is 0.543. The normalized spacial score (nSPS) is 23.8. The third kappa shape index (κ3) is 3.93. The molecule has 0 spiro atoms. The molecule has 0 aromatic carbocycles.